The fraction of sp³-hybridized carbons (Fsp3) is 0.455. The summed E-state index contributed by atoms with van der Waals surface area (Å²) in [5, 5.41) is 0. The van der Waals surface area contributed by atoms with E-state index in [0.29, 0.717) is 25.2 Å². The molecule has 0 bridgehead atoms. The molecule has 0 amide bonds. The Kier molecular flexibility index (Phi) is 2.75. The third-order valence-electron chi connectivity index (χ3n) is 2.84. The van der Waals surface area contributed by atoms with Crippen LogP contribution in [0, 0.1) is 5.92 Å². The maximum atomic E-state index is 12.4. The van der Waals surface area contributed by atoms with Crippen LogP contribution in [0.5, 0.6) is 0 Å². The molecule has 0 unspecified atom stereocenters. The molecule has 4 heteroatoms. The lowest BCUT2D eigenvalue weighted by Crippen LogP contribution is -2.21. The van der Waals surface area contributed by atoms with Gasteiger partial charge in [-0.15, -0.1) is 0 Å². The van der Waals surface area contributed by atoms with E-state index in [1.165, 1.54) is 0 Å². The van der Waals surface area contributed by atoms with Crippen molar-refractivity contribution in [3.8, 4) is 0 Å². The Morgan fingerprint density at radius 3 is 2.47 bits per heavy atom. The van der Waals surface area contributed by atoms with E-state index in [-0.39, 0.29) is 0 Å². The summed E-state index contributed by atoms with van der Waals surface area (Å²) in [5.74, 6) is -0.484. The van der Waals surface area contributed by atoms with Crippen LogP contribution in [-0.4, -0.2) is 19.5 Å². The first-order chi connectivity index (χ1) is 7.16. The SMILES string of the molecule is Nc1ccc(N2CC[C@H](C(F)F)C2)cc1. The summed E-state index contributed by atoms with van der Waals surface area (Å²) in [6, 6.07) is 7.35. The normalized spacial score (nSPS) is 21.3. The zero-order chi connectivity index (χ0) is 10.8. The summed E-state index contributed by atoms with van der Waals surface area (Å²) in [6.45, 7) is 1.15. The minimum absolute atomic E-state index is 0.446. The predicted molar refractivity (Wildman–Crippen MR) is 57.2 cm³/mol. The summed E-state index contributed by atoms with van der Waals surface area (Å²) in [6.07, 6.45) is -1.63. The molecule has 2 nitrogen and oxygen atoms in total. The number of benzene rings is 1. The highest BCUT2D eigenvalue weighted by atomic mass is 19.3. The van der Waals surface area contributed by atoms with Gasteiger partial charge in [-0.3, -0.25) is 0 Å². The first kappa shape index (κ1) is 10.2. The van der Waals surface area contributed by atoms with E-state index in [4.69, 9.17) is 5.73 Å². The molecule has 1 aliphatic rings. The van der Waals surface area contributed by atoms with Crippen molar-refractivity contribution in [2.75, 3.05) is 23.7 Å². The molecule has 15 heavy (non-hydrogen) atoms. The van der Waals surface area contributed by atoms with Crippen LogP contribution in [0.25, 0.3) is 0 Å². The van der Waals surface area contributed by atoms with E-state index in [1.54, 1.807) is 12.1 Å². The highest BCUT2D eigenvalue weighted by Gasteiger charge is 2.29. The van der Waals surface area contributed by atoms with Gasteiger partial charge in [0.2, 0.25) is 6.43 Å². The van der Waals surface area contributed by atoms with Gasteiger partial charge >= 0.3 is 0 Å². The van der Waals surface area contributed by atoms with E-state index in [0.717, 1.165) is 5.69 Å². The molecular formula is C11H14F2N2. The standard InChI is InChI=1S/C11H14F2N2/c12-11(13)8-5-6-15(7-8)10-3-1-9(14)2-4-10/h1-4,8,11H,5-7,14H2/t8-/m0/s1. The highest BCUT2D eigenvalue weighted by Crippen LogP contribution is 2.27. The first-order valence-electron chi connectivity index (χ1n) is 5.05. The summed E-state index contributed by atoms with van der Waals surface area (Å²) >= 11 is 0. The molecule has 2 N–H and O–H groups in total. The maximum absolute atomic E-state index is 12.4. The molecule has 2 rings (SSSR count). The molecule has 0 saturated carbocycles. The fourth-order valence-electron chi connectivity index (χ4n) is 1.91. The molecule has 1 fully saturated rings. The number of hydrogen-bond acceptors (Lipinski definition) is 2. The van der Waals surface area contributed by atoms with E-state index in [9.17, 15) is 8.78 Å². The molecule has 1 atom stereocenters. The van der Waals surface area contributed by atoms with Crippen LogP contribution in [-0.2, 0) is 0 Å². The van der Waals surface area contributed by atoms with Gasteiger partial charge in [0.1, 0.15) is 0 Å². The van der Waals surface area contributed by atoms with Crippen molar-refractivity contribution in [2.24, 2.45) is 5.92 Å². The molecule has 82 valence electrons. The van der Waals surface area contributed by atoms with E-state index in [2.05, 4.69) is 0 Å². The molecule has 1 saturated heterocycles. The third-order valence-corrected chi connectivity index (χ3v) is 2.84. The van der Waals surface area contributed by atoms with Gasteiger partial charge in [-0.2, -0.15) is 0 Å². The average molecular weight is 212 g/mol. The van der Waals surface area contributed by atoms with Crippen LogP contribution in [0.1, 0.15) is 6.42 Å². The number of rotatable bonds is 2. The lowest BCUT2D eigenvalue weighted by atomic mass is 10.1. The zero-order valence-corrected chi connectivity index (χ0v) is 8.37. The van der Waals surface area contributed by atoms with Crippen LogP contribution in [0.15, 0.2) is 24.3 Å². The molecule has 0 aliphatic carbocycles. The van der Waals surface area contributed by atoms with Crippen molar-refractivity contribution >= 4 is 11.4 Å². The minimum Gasteiger partial charge on any atom is -0.399 e. The maximum Gasteiger partial charge on any atom is 0.243 e. The van der Waals surface area contributed by atoms with Crippen molar-refractivity contribution in [1.82, 2.24) is 0 Å². The zero-order valence-electron chi connectivity index (χ0n) is 8.37. The first-order valence-corrected chi connectivity index (χ1v) is 5.05. The van der Waals surface area contributed by atoms with Gasteiger partial charge in [-0.1, -0.05) is 0 Å². The smallest absolute Gasteiger partial charge is 0.243 e. The third kappa shape index (κ3) is 2.19. The Hall–Kier alpha value is -1.32. The number of nitrogen functional groups attached to an aromatic ring is 1. The number of halogens is 2. The van der Waals surface area contributed by atoms with Crippen molar-refractivity contribution in [2.45, 2.75) is 12.8 Å². The quantitative estimate of drug-likeness (QED) is 0.762. The van der Waals surface area contributed by atoms with Crippen molar-refractivity contribution < 1.29 is 8.78 Å². The average Bonchev–Trinajstić information content (AvgIpc) is 2.68. The molecule has 1 aromatic carbocycles. The Bertz CT molecular complexity index is 324. The molecule has 1 heterocycles. The number of anilines is 2. The largest absolute Gasteiger partial charge is 0.399 e. The number of nitrogens with zero attached hydrogens (tertiary/aromatic N) is 1. The Balaban J connectivity index is 2.04. The van der Waals surface area contributed by atoms with Crippen molar-refractivity contribution in [1.29, 1.82) is 0 Å². The second-order valence-electron chi connectivity index (χ2n) is 3.92. The fourth-order valence-corrected chi connectivity index (χ4v) is 1.91. The monoisotopic (exact) mass is 212 g/mol. The van der Waals surface area contributed by atoms with E-state index in [1.807, 2.05) is 17.0 Å². The topological polar surface area (TPSA) is 29.3 Å². The Morgan fingerprint density at radius 2 is 1.93 bits per heavy atom. The van der Waals surface area contributed by atoms with Crippen LogP contribution >= 0.6 is 0 Å². The molecular weight excluding hydrogens is 198 g/mol. The van der Waals surface area contributed by atoms with Gasteiger partial charge in [-0.05, 0) is 30.7 Å². The van der Waals surface area contributed by atoms with Crippen LogP contribution < -0.4 is 10.6 Å². The van der Waals surface area contributed by atoms with Crippen molar-refractivity contribution in [3.63, 3.8) is 0 Å². The highest BCUT2D eigenvalue weighted by molar-refractivity contribution is 5.53. The molecule has 0 radical (unpaired) electrons. The van der Waals surface area contributed by atoms with Gasteiger partial charge in [0.05, 0.1) is 0 Å². The Morgan fingerprint density at radius 1 is 1.27 bits per heavy atom. The molecule has 1 aliphatic heterocycles. The minimum atomic E-state index is -2.20. The van der Waals surface area contributed by atoms with Crippen LogP contribution in [0.3, 0.4) is 0 Å². The summed E-state index contributed by atoms with van der Waals surface area (Å²) < 4.78 is 24.9. The van der Waals surface area contributed by atoms with Gasteiger partial charge in [0.25, 0.3) is 0 Å². The van der Waals surface area contributed by atoms with Gasteiger partial charge < -0.3 is 10.6 Å². The lowest BCUT2D eigenvalue weighted by molar-refractivity contribution is 0.0880. The van der Waals surface area contributed by atoms with Crippen molar-refractivity contribution in [3.05, 3.63) is 24.3 Å². The summed E-state index contributed by atoms with van der Waals surface area (Å²) in [5.41, 5.74) is 7.24. The van der Waals surface area contributed by atoms with E-state index >= 15 is 0 Å². The molecule has 0 spiro atoms. The number of alkyl halides is 2. The second-order valence-corrected chi connectivity index (χ2v) is 3.92. The lowest BCUT2D eigenvalue weighted by Gasteiger charge is -2.18. The summed E-state index contributed by atoms with van der Waals surface area (Å²) in [4.78, 5) is 1.98. The summed E-state index contributed by atoms with van der Waals surface area (Å²) in [7, 11) is 0. The number of nitrogens with two attached hydrogens (primary N) is 1. The second kappa shape index (κ2) is 4.04. The van der Waals surface area contributed by atoms with E-state index < -0.39 is 12.3 Å². The molecule has 0 aromatic heterocycles. The van der Waals surface area contributed by atoms with Crippen LogP contribution in [0.4, 0.5) is 20.2 Å². The molecule has 1 aromatic rings. The predicted octanol–water partition coefficient (Wildman–Crippen LogP) is 2.36. The van der Waals surface area contributed by atoms with Gasteiger partial charge in [0.15, 0.2) is 0 Å². The van der Waals surface area contributed by atoms with Crippen LogP contribution in [0.2, 0.25) is 0 Å². The Labute approximate surface area is 87.7 Å². The number of hydrogen-bond donors (Lipinski definition) is 1. The van der Waals surface area contributed by atoms with Gasteiger partial charge in [0, 0.05) is 30.4 Å². The van der Waals surface area contributed by atoms with Gasteiger partial charge in [-0.25, -0.2) is 8.78 Å².